The van der Waals surface area contributed by atoms with Gasteiger partial charge in [-0.15, -0.1) is 0 Å². The second kappa shape index (κ2) is 8.35. The van der Waals surface area contributed by atoms with Gasteiger partial charge < -0.3 is 19.6 Å². The number of amides is 1. The number of hydrogen-bond acceptors (Lipinski definition) is 4. The van der Waals surface area contributed by atoms with Crippen molar-refractivity contribution in [2.75, 3.05) is 31.6 Å². The van der Waals surface area contributed by atoms with Gasteiger partial charge in [0.2, 0.25) is 0 Å². The van der Waals surface area contributed by atoms with E-state index in [2.05, 4.69) is 0 Å². The lowest BCUT2D eigenvalue weighted by atomic mass is 10.2. The van der Waals surface area contributed by atoms with Crippen molar-refractivity contribution in [2.24, 2.45) is 0 Å². The van der Waals surface area contributed by atoms with Gasteiger partial charge in [-0.2, -0.15) is 0 Å². The van der Waals surface area contributed by atoms with Gasteiger partial charge in [0, 0.05) is 26.2 Å². The number of nitrogens with zero attached hydrogens (tertiary/aromatic N) is 2. The minimum absolute atomic E-state index is 0.0478. The topological polar surface area (TPSA) is 53.0 Å². The zero-order valence-corrected chi connectivity index (χ0v) is 15.1. The highest BCUT2D eigenvalue weighted by molar-refractivity contribution is 5.78. The molecule has 0 aliphatic carbocycles. The van der Waals surface area contributed by atoms with Crippen LogP contribution in [0.15, 0.2) is 42.5 Å². The smallest absolute Gasteiger partial charge is 0.260 e. The van der Waals surface area contributed by atoms with Crippen LogP contribution in [0.2, 0.25) is 0 Å². The molecular formula is C20H22F2N2O3. The molecule has 27 heavy (non-hydrogen) atoms. The second-order valence-electron chi connectivity index (χ2n) is 6.56. The fourth-order valence-corrected chi connectivity index (χ4v) is 3.17. The third-order valence-electron chi connectivity index (χ3n) is 4.84. The van der Waals surface area contributed by atoms with Crippen LogP contribution in [-0.2, 0) is 11.4 Å². The van der Waals surface area contributed by atoms with Gasteiger partial charge in [0.05, 0.1) is 12.3 Å². The Balaban J connectivity index is 1.55. The van der Waals surface area contributed by atoms with Gasteiger partial charge in [-0.3, -0.25) is 4.79 Å². The highest BCUT2D eigenvalue weighted by Gasteiger charge is 2.30. The number of aliphatic hydroxyl groups excluding tert-OH is 1. The maximum atomic E-state index is 14.0. The molecule has 1 fully saturated rings. The number of benzene rings is 2. The number of ether oxygens (including phenoxy) is 1. The molecule has 0 spiro atoms. The minimum atomic E-state index is -0.883. The molecule has 1 N–H and O–H groups in total. The van der Waals surface area contributed by atoms with E-state index in [-0.39, 0.29) is 30.9 Å². The first kappa shape index (κ1) is 19.1. The lowest BCUT2D eigenvalue weighted by Gasteiger charge is -2.27. The van der Waals surface area contributed by atoms with Crippen LogP contribution in [0.1, 0.15) is 12.0 Å². The molecule has 1 amide bonds. The summed E-state index contributed by atoms with van der Waals surface area (Å²) in [5.74, 6) is -1.36. The summed E-state index contributed by atoms with van der Waals surface area (Å²) in [5.41, 5.74) is 0.957. The van der Waals surface area contributed by atoms with E-state index in [1.807, 2.05) is 0 Å². The molecule has 1 unspecified atom stereocenters. The molecule has 1 aliphatic rings. The summed E-state index contributed by atoms with van der Waals surface area (Å²) < 4.78 is 32.9. The summed E-state index contributed by atoms with van der Waals surface area (Å²) in [6.45, 7) is 0.826. The molecule has 7 heteroatoms. The number of hydrogen-bond donors (Lipinski definition) is 1. The van der Waals surface area contributed by atoms with E-state index in [9.17, 15) is 13.6 Å². The van der Waals surface area contributed by atoms with Crippen LogP contribution in [-0.4, -0.2) is 48.7 Å². The van der Waals surface area contributed by atoms with Crippen molar-refractivity contribution in [1.29, 1.82) is 0 Å². The Morgan fingerprint density at radius 1 is 1.26 bits per heavy atom. The number of anilines is 1. The number of likely N-dealkylation sites (tertiary alicyclic amines) is 1. The standard InChI is InChI=1S/C20H22F2N2O3/c1-23(18-4-2-3-17(21)20(18)22)15-9-10-24(11-15)19(26)13-27-16-7-5-14(12-25)6-8-16/h2-8,15,25H,9-13H2,1H3. The molecular weight excluding hydrogens is 354 g/mol. The molecule has 1 aliphatic heterocycles. The second-order valence-corrected chi connectivity index (χ2v) is 6.56. The van der Waals surface area contributed by atoms with Crippen LogP contribution >= 0.6 is 0 Å². The average molecular weight is 376 g/mol. The van der Waals surface area contributed by atoms with E-state index < -0.39 is 11.6 Å². The first-order valence-electron chi connectivity index (χ1n) is 8.77. The van der Waals surface area contributed by atoms with Crippen molar-refractivity contribution in [3.05, 3.63) is 59.7 Å². The number of rotatable bonds is 6. The maximum Gasteiger partial charge on any atom is 0.260 e. The third kappa shape index (κ3) is 4.36. The number of halogens is 2. The van der Waals surface area contributed by atoms with Crippen molar-refractivity contribution in [3.8, 4) is 5.75 Å². The van der Waals surface area contributed by atoms with Gasteiger partial charge in [0.15, 0.2) is 18.2 Å². The molecule has 0 aromatic heterocycles. The molecule has 3 rings (SSSR count). The SMILES string of the molecule is CN(c1cccc(F)c1F)C1CCN(C(=O)COc2ccc(CO)cc2)C1. The Kier molecular flexibility index (Phi) is 5.91. The van der Waals surface area contributed by atoms with E-state index in [1.165, 1.54) is 12.1 Å². The maximum absolute atomic E-state index is 14.0. The number of aliphatic hydroxyl groups is 1. The Labute approximate surface area is 156 Å². The Morgan fingerprint density at radius 2 is 2.00 bits per heavy atom. The lowest BCUT2D eigenvalue weighted by Crippen LogP contribution is -2.38. The molecule has 0 bridgehead atoms. The Morgan fingerprint density at radius 3 is 2.70 bits per heavy atom. The van der Waals surface area contributed by atoms with E-state index >= 15 is 0 Å². The first-order valence-corrected chi connectivity index (χ1v) is 8.77. The Bertz CT molecular complexity index is 798. The summed E-state index contributed by atoms with van der Waals surface area (Å²) in [5, 5.41) is 9.02. The van der Waals surface area contributed by atoms with Crippen molar-refractivity contribution in [1.82, 2.24) is 4.90 Å². The molecule has 1 atom stereocenters. The van der Waals surface area contributed by atoms with Crippen molar-refractivity contribution in [3.63, 3.8) is 0 Å². The summed E-state index contributed by atoms with van der Waals surface area (Å²) in [6, 6.07) is 10.9. The molecule has 1 saturated heterocycles. The number of carbonyl (C=O) groups is 1. The van der Waals surface area contributed by atoms with E-state index in [1.54, 1.807) is 41.1 Å². The minimum Gasteiger partial charge on any atom is -0.484 e. The van der Waals surface area contributed by atoms with E-state index in [0.717, 1.165) is 11.6 Å². The van der Waals surface area contributed by atoms with Gasteiger partial charge in [0.1, 0.15) is 5.75 Å². The Hall–Kier alpha value is -2.67. The normalized spacial score (nSPS) is 16.4. The fraction of sp³-hybridized carbons (Fsp3) is 0.350. The predicted octanol–water partition coefficient (Wildman–Crippen LogP) is 2.57. The third-order valence-corrected chi connectivity index (χ3v) is 4.84. The largest absolute Gasteiger partial charge is 0.484 e. The fourth-order valence-electron chi connectivity index (χ4n) is 3.17. The summed E-state index contributed by atoms with van der Waals surface area (Å²) >= 11 is 0. The summed E-state index contributed by atoms with van der Waals surface area (Å²) in [6.07, 6.45) is 0.670. The van der Waals surface area contributed by atoms with Gasteiger partial charge in [-0.1, -0.05) is 18.2 Å². The van der Waals surface area contributed by atoms with Gasteiger partial charge in [0.25, 0.3) is 5.91 Å². The van der Waals surface area contributed by atoms with Crippen molar-refractivity contribution < 1.29 is 23.4 Å². The zero-order chi connectivity index (χ0) is 19.4. The summed E-state index contributed by atoms with van der Waals surface area (Å²) in [4.78, 5) is 15.7. The number of carbonyl (C=O) groups excluding carboxylic acids is 1. The zero-order valence-electron chi connectivity index (χ0n) is 15.1. The van der Waals surface area contributed by atoms with Crippen LogP contribution in [0.25, 0.3) is 0 Å². The van der Waals surface area contributed by atoms with Crippen LogP contribution in [0.5, 0.6) is 5.75 Å². The van der Waals surface area contributed by atoms with Crippen LogP contribution in [0, 0.1) is 11.6 Å². The predicted molar refractivity (Wildman–Crippen MR) is 97.6 cm³/mol. The highest BCUT2D eigenvalue weighted by Crippen LogP contribution is 2.25. The van der Waals surface area contributed by atoms with E-state index in [0.29, 0.717) is 25.3 Å². The van der Waals surface area contributed by atoms with Gasteiger partial charge in [-0.25, -0.2) is 8.78 Å². The lowest BCUT2D eigenvalue weighted by molar-refractivity contribution is -0.132. The summed E-state index contributed by atoms with van der Waals surface area (Å²) in [7, 11) is 1.70. The number of likely N-dealkylation sites (N-methyl/N-ethyl adjacent to an activating group) is 1. The molecule has 2 aromatic rings. The molecule has 2 aromatic carbocycles. The van der Waals surface area contributed by atoms with Crippen molar-refractivity contribution in [2.45, 2.75) is 19.1 Å². The monoisotopic (exact) mass is 376 g/mol. The van der Waals surface area contributed by atoms with Crippen LogP contribution in [0.3, 0.4) is 0 Å². The highest BCUT2D eigenvalue weighted by atomic mass is 19.2. The molecule has 144 valence electrons. The molecule has 5 nitrogen and oxygen atoms in total. The average Bonchev–Trinajstić information content (AvgIpc) is 3.18. The van der Waals surface area contributed by atoms with Gasteiger partial charge in [-0.05, 0) is 36.2 Å². The van der Waals surface area contributed by atoms with Crippen LogP contribution < -0.4 is 9.64 Å². The molecule has 1 heterocycles. The molecule has 0 radical (unpaired) electrons. The van der Waals surface area contributed by atoms with Crippen LogP contribution in [0.4, 0.5) is 14.5 Å². The molecule has 0 saturated carbocycles. The van der Waals surface area contributed by atoms with Crippen molar-refractivity contribution >= 4 is 11.6 Å². The first-order chi connectivity index (χ1) is 13.0. The quantitative estimate of drug-likeness (QED) is 0.842. The van der Waals surface area contributed by atoms with Gasteiger partial charge >= 0.3 is 0 Å². The van der Waals surface area contributed by atoms with E-state index in [4.69, 9.17) is 9.84 Å².